The first kappa shape index (κ1) is 16.3. The SMILES string of the molecule is CNC1(CO)CCCC1CCSCCS(C)(=O)=O. The molecule has 2 atom stereocenters. The van der Waals surface area contributed by atoms with Gasteiger partial charge in [-0.3, -0.25) is 0 Å². The van der Waals surface area contributed by atoms with E-state index in [1.807, 2.05) is 7.05 Å². The highest BCUT2D eigenvalue weighted by Gasteiger charge is 2.40. The Balaban J connectivity index is 2.27. The Bertz CT molecular complexity index is 339. The third-order valence-corrected chi connectivity index (χ3v) is 6.17. The van der Waals surface area contributed by atoms with Crippen LogP contribution in [0.1, 0.15) is 25.7 Å². The van der Waals surface area contributed by atoms with E-state index in [9.17, 15) is 13.5 Å². The van der Waals surface area contributed by atoms with Crippen molar-refractivity contribution in [2.45, 2.75) is 31.2 Å². The second kappa shape index (κ2) is 7.12. The first-order valence-corrected chi connectivity index (χ1v) is 9.70. The predicted molar refractivity (Wildman–Crippen MR) is 77.9 cm³/mol. The van der Waals surface area contributed by atoms with Gasteiger partial charge >= 0.3 is 0 Å². The maximum absolute atomic E-state index is 11.0. The Morgan fingerprint density at radius 1 is 1.44 bits per heavy atom. The molecule has 0 bridgehead atoms. The Morgan fingerprint density at radius 3 is 2.72 bits per heavy atom. The number of hydrogen-bond donors (Lipinski definition) is 2. The van der Waals surface area contributed by atoms with Gasteiger partial charge in [-0.15, -0.1) is 0 Å². The first-order valence-electron chi connectivity index (χ1n) is 6.49. The summed E-state index contributed by atoms with van der Waals surface area (Å²) in [5.74, 6) is 2.43. The van der Waals surface area contributed by atoms with Gasteiger partial charge < -0.3 is 10.4 Å². The van der Waals surface area contributed by atoms with Gasteiger partial charge in [0.15, 0.2) is 0 Å². The zero-order valence-corrected chi connectivity index (χ0v) is 12.9. The normalized spacial score (nSPS) is 28.7. The molecule has 1 saturated carbocycles. The maximum Gasteiger partial charge on any atom is 0.148 e. The number of aliphatic hydroxyl groups excluding tert-OH is 1. The lowest BCUT2D eigenvalue weighted by atomic mass is 9.86. The predicted octanol–water partition coefficient (Wildman–Crippen LogP) is 0.905. The Morgan fingerprint density at radius 2 is 2.17 bits per heavy atom. The van der Waals surface area contributed by atoms with Crippen molar-refractivity contribution >= 4 is 21.6 Å². The van der Waals surface area contributed by atoms with E-state index in [1.54, 1.807) is 11.8 Å². The van der Waals surface area contributed by atoms with E-state index >= 15 is 0 Å². The lowest BCUT2D eigenvalue weighted by Crippen LogP contribution is -2.49. The average molecular weight is 295 g/mol. The standard InChI is InChI=1S/C12H25NO3S2/c1-13-12(10-14)6-3-4-11(12)5-7-17-8-9-18(2,15)16/h11,13-14H,3-10H2,1-2H3. The van der Waals surface area contributed by atoms with Crippen molar-refractivity contribution in [3.05, 3.63) is 0 Å². The molecular weight excluding hydrogens is 270 g/mol. The zero-order chi connectivity index (χ0) is 13.6. The number of nitrogens with one attached hydrogen (secondary N) is 1. The number of sulfone groups is 1. The molecule has 108 valence electrons. The number of rotatable bonds is 8. The smallest absolute Gasteiger partial charge is 0.148 e. The lowest BCUT2D eigenvalue weighted by Gasteiger charge is -2.33. The van der Waals surface area contributed by atoms with E-state index in [-0.39, 0.29) is 17.9 Å². The van der Waals surface area contributed by atoms with E-state index in [1.165, 1.54) is 12.7 Å². The molecule has 2 N–H and O–H groups in total. The molecule has 0 aromatic carbocycles. The van der Waals surface area contributed by atoms with E-state index in [2.05, 4.69) is 5.32 Å². The summed E-state index contributed by atoms with van der Waals surface area (Å²) in [6.07, 6.45) is 5.70. The van der Waals surface area contributed by atoms with Gasteiger partial charge in [-0.2, -0.15) is 11.8 Å². The molecule has 0 aliphatic heterocycles. The van der Waals surface area contributed by atoms with Gasteiger partial charge in [-0.05, 0) is 38.0 Å². The topological polar surface area (TPSA) is 66.4 Å². The van der Waals surface area contributed by atoms with Crippen LogP contribution in [0.15, 0.2) is 0 Å². The Hall–Kier alpha value is 0.220. The summed E-state index contributed by atoms with van der Waals surface area (Å²) in [7, 11) is -0.907. The Kier molecular flexibility index (Phi) is 6.44. The number of likely N-dealkylation sites (N-methyl/N-ethyl adjacent to an activating group) is 1. The molecular formula is C12H25NO3S2. The summed E-state index contributed by atoms with van der Waals surface area (Å²) < 4.78 is 22.0. The van der Waals surface area contributed by atoms with Crippen LogP contribution in [0.25, 0.3) is 0 Å². The third-order valence-electron chi connectivity index (χ3n) is 3.95. The van der Waals surface area contributed by atoms with E-state index in [4.69, 9.17) is 0 Å². The maximum atomic E-state index is 11.0. The molecule has 6 heteroatoms. The summed E-state index contributed by atoms with van der Waals surface area (Å²) in [6.45, 7) is 0.197. The van der Waals surface area contributed by atoms with Crippen LogP contribution < -0.4 is 5.32 Å². The molecule has 1 aliphatic carbocycles. The van der Waals surface area contributed by atoms with Crippen LogP contribution >= 0.6 is 11.8 Å². The summed E-state index contributed by atoms with van der Waals surface area (Å²) in [5.41, 5.74) is -0.0998. The second-order valence-corrected chi connectivity index (χ2v) is 8.67. The monoisotopic (exact) mass is 295 g/mol. The molecule has 0 radical (unpaired) electrons. The van der Waals surface area contributed by atoms with Crippen molar-refractivity contribution in [1.29, 1.82) is 0 Å². The molecule has 1 aliphatic rings. The molecule has 0 aromatic rings. The molecule has 18 heavy (non-hydrogen) atoms. The summed E-state index contributed by atoms with van der Waals surface area (Å²) in [4.78, 5) is 0. The molecule has 2 unspecified atom stereocenters. The van der Waals surface area contributed by atoms with Gasteiger partial charge in [0, 0.05) is 17.5 Å². The van der Waals surface area contributed by atoms with Crippen molar-refractivity contribution in [1.82, 2.24) is 5.32 Å². The molecule has 1 rings (SSSR count). The van der Waals surface area contributed by atoms with Gasteiger partial charge in [0.1, 0.15) is 9.84 Å². The van der Waals surface area contributed by atoms with Crippen LogP contribution in [0.3, 0.4) is 0 Å². The van der Waals surface area contributed by atoms with E-state index < -0.39 is 9.84 Å². The number of aliphatic hydroxyl groups is 1. The van der Waals surface area contributed by atoms with Crippen LogP contribution in [0.5, 0.6) is 0 Å². The summed E-state index contributed by atoms with van der Waals surface area (Å²) >= 11 is 1.70. The minimum absolute atomic E-state index is 0.0998. The van der Waals surface area contributed by atoms with Crippen LogP contribution in [-0.4, -0.2) is 56.2 Å². The molecule has 0 amide bonds. The van der Waals surface area contributed by atoms with Crippen molar-refractivity contribution in [3.8, 4) is 0 Å². The van der Waals surface area contributed by atoms with Gasteiger partial charge in [0.05, 0.1) is 12.4 Å². The Labute approximate surface area is 115 Å². The van der Waals surface area contributed by atoms with E-state index in [0.717, 1.165) is 25.0 Å². The molecule has 1 fully saturated rings. The zero-order valence-electron chi connectivity index (χ0n) is 11.3. The fourth-order valence-corrected chi connectivity index (χ4v) is 5.06. The highest BCUT2D eigenvalue weighted by molar-refractivity contribution is 8.00. The number of hydrogen-bond acceptors (Lipinski definition) is 5. The van der Waals surface area contributed by atoms with Crippen LogP contribution in [-0.2, 0) is 9.84 Å². The molecule has 4 nitrogen and oxygen atoms in total. The fourth-order valence-electron chi connectivity index (χ4n) is 2.72. The molecule has 0 spiro atoms. The van der Waals surface area contributed by atoms with Gasteiger partial charge in [0.25, 0.3) is 0 Å². The second-order valence-electron chi connectivity index (χ2n) is 5.18. The number of thioether (sulfide) groups is 1. The molecule has 0 saturated heterocycles. The minimum atomic E-state index is -2.83. The quantitative estimate of drug-likeness (QED) is 0.652. The van der Waals surface area contributed by atoms with Crippen LogP contribution in [0.2, 0.25) is 0 Å². The van der Waals surface area contributed by atoms with Gasteiger partial charge in [-0.25, -0.2) is 8.42 Å². The largest absolute Gasteiger partial charge is 0.394 e. The van der Waals surface area contributed by atoms with Crippen LogP contribution in [0.4, 0.5) is 0 Å². The molecule has 0 heterocycles. The summed E-state index contributed by atoms with van der Waals surface area (Å²) in [6, 6.07) is 0. The third kappa shape index (κ3) is 4.72. The van der Waals surface area contributed by atoms with Crippen molar-refractivity contribution in [3.63, 3.8) is 0 Å². The van der Waals surface area contributed by atoms with Crippen molar-refractivity contribution < 1.29 is 13.5 Å². The first-order chi connectivity index (χ1) is 8.43. The molecule has 0 aromatic heterocycles. The van der Waals surface area contributed by atoms with Gasteiger partial charge in [0.2, 0.25) is 0 Å². The van der Waals surface area contributed by atoms with Crippen LogP contribution in [0, 0.1) is 5.92 Å². The fraction of sp³-hybridized carbons (Fsp3) is 1.00. The minimum Gasteiger partial charge on any atom is -0.394 e. The average Bonchev–Trinajstić information content (AvgIpc) is 2.71. The van der Waals surface area contributed by atoms with Crippen molar-refractivity contribution in [2.75, 3.05) is 37.2 Å². The lowest BCUT2D eigenvalue weighted by molar-refractivity contribution is 0.130. The van der Waals surface area contributed by atoms with E-state index in [0.29, 0.717) is 11.7 Å². The van der Waals surface area contributed by atoms with Gasteiger partial charge in [-0.1, -0.05) is 6.42 Å². The summed E-state index contributed by atoms with van der Waals surface area (Å²) in [5, 5.41) is 12.8. The highest BCUT2D eigenvalue weighted by atomic mass is 32.2. The van der Waals surface area contributed by atoms with Crippen molar-refractivity contribution in [2.24, 2.45) is 5.92 Å². The highest BCUT2D eigenvalue weighted by Crippen LogP contribution is 2.37.